The summed E-state index contributed by atoms with van der Waals surface area (Å²) in [6.07, 6.45) is 0.668. The van der Waals surface area contributed by atoms with Gasteiger partial charge in [0.15, 0.2) is 0 Å². The summed E-state index contributed by atoms with van der Waals surface area (Å²) in [4.78, 5) is 19.2. The number of nitrogens with zero attached hydrogens (tertiary/aromatic N) is 3. The van der Waals surface area contributed by atoms with Gasteiger partial charge in [-0.25, -0.2) is 4.98 Å². The van der Waals surface area contributed by atoms with Crippen LogP contribution in [0.4, 0.5) is 0 Å². The van der Waals surface area contributed by atoms with Crippen molar-refractivity contribution >= 4 is 27.5 Å². The molecular weight excluding hydrogens is 310 g/mol. The van der Waals surface area contributed by atoms with Crippen LogP contribution in [0.1, 0.15) is 46.7 Å². The van der Waals surface area contributed by atoms with E-state index in [9.17, 15) is 4.79 Å². The van der Waals surface area contributed by atoms with E-state index >= 15 is 0 Å². The summed E-state index contributed by atoms with van der Waals surface area (Å²) in [6, 6.07) is 7.89. The normalized spacial score (nSPS) is 12.5. The van der Waals surface area contributed by atoms with Crippen LogP contribution in [0.5, 0.6) is 0 Å². The zero-order valence-corrected chi connectivity index (χ0v) is 14.5. The van der Waals surface area contributed by atoms with Gasteiger partial charge in [0.1, 0.15) is 16.3 Å². The third-order valence-electron chi connectivity index (χ3n) is 4.05. The Balaban J connectivity index is 1.90. The number of thiazole rings is 1. The van der Waals surface area contributed by atoms with Crippen LogP contribution in [0.25, 0.3) is 10.2 Å². The second-order valence-electron chi connectivity index (χ2n) is 5.53. The number of fused-ring (bicyclic) bond motifs is 1. The first-order valence-corrected chi connectivity index (χ1v) is 8.42. The fourth-order valence-corrected chi connectivity index (χ4v) is 3.58. The standard InChI is InChI=1S/C17H19N3O2S/c1-5-12-15(11(3)22-19-12)17(21)20(4)10(2)16-18-13-8-6-7-9-14(13)23-16/h6-10H,5H2,1-4H3/t10-/m0/s1. The van der Waals surface area contributed by atoms with Crippen molar-refractivity contribution in [1.29, 1.82) is 0 Å². The highest BCUT2D eigenvalue weighted by molar-refractivity contribution is 7.18. The van der Waals surface area contributed by atoms with Gasteiger partial charge in [-0.05, 0) is 32.4 Å². The van der Waals surface area contributed by atoms with E-state index in [1.807, 2.05) is 38.1 Å². The average molecular weight is 329 g/mol. The van der Waals surface area contributed by atoms with Gasteiger partial charge in [0.05, 0.1) is 22.0 Å². The lowest BCUT2D eigenvalue weighted by molar-refractivity contribution is 0.0740. The maximum absolute atomic E-state index is 12.8. The fourth-order valence-electron chi connectivity index (χ4n) is 2.52. The number of carbonyl (C=O) groups excluding carboxylic acids is 1. The summed E-state index contributed by atoms with van der Waals surface area (Å²) in [5.74, 6) is 0.488. The van der Waals surface area contributed by atoms with E-state index < -0.39 is 0 Å². The Morgan fingerprint density at radius 3 is 2.83 bits per heavy atom. The molecule has 0 aliphatic carbocycles. The Morgan fingerprint density at radius 2 is 2.13 bits per heavy atom. The quantitative estimate of drug-likeness (QED) is 0.726. The lowest BCUT2D eigenvalue weighted by atomic mass is 10.1. The fraction of sp³-hybridized carbons (Fsp3) is 0.353. The van der Waals surface area contributed by atoms with E-state index in [1.165, 1.54) is 0 Å². The van der Waals surface area contributed by atoms with E-state index in [-0.39, 0.29) is 11.9 Å². The molecule has 0 unspecified atom stereocenters. The molecule has 6 heteroatoms. The monoisotopic (exact) mass is 329 g/mol. The lowest BCUT2D eigenvalue weighted by Crippen LogP contribution is -2.30. The minimum Gasteiger partial charge on any atom is -0.361 e. The van der Waals surface area contributed by atoms with Crippen molar-refractivity contribution in [3.05, 3.63) is 46.3 Å². The summed E-state index contributed by atoms with van der Waals surface area (Å²) < 4.78 is 6.31. The lowest BCUT2D eigenvalue weighted by Gasteiger charge is -2.23. The maximum atomic E-state index is 12.8. The number of para-hydroxylation sites is 1. The molecule has 0 spiro atoms. The van der Waals surface area contributed by atoms with Gasteiger partial charge in [0.25, 0.3) is 5.91 Å². The third kappa shape index (κ3) is 2.74. The molecule has 3 rings (SSSR count). The second kappa shape index (κ2) is 6.12. The Hall–Kier alpha value is -2.21. The highest BCUT2D eigenvalue weighted by atomic mass is 32.1. The van der Waals surface area contributed by atoms with Gasteiger partial charge in [0.2, 0.25) is 0 Å². The molecule has 120 valence electrons. The minimum atomic E-state index is -0.112. The van der Waals surface area contributed by atoms with E-state index in [2.05, 4.69) is 10.1 Å². The molecular formula is C17H19N3O2S. The summed E-state index contributed by atoms with van der Waals surface area (Å²) in [5.41, 5.74) is 2.24. The Kier molecular flexibility index (Phi) is 4.17. The van der Waals surface area contributed by atoms with Crippen LogP contribution in [-0.4, -0.2) is 28.0 Å². The molecule has 1 amide bonds. The summed E-state index contributed by atoms with van der Waals surface area (Å²) in [7, 11) is 1.80. The van der Waals surface area contributed by atoms with Crippen LogP contribution in [0.15, 0.2) is 28.8 Å². The van der Waals surface area contributed by atoms with E-state index in [1.54, 1.807) is 30.2 Å². The number of aromatic nitrogens is 2. The topological polar surface area (TPSA) is 59.2 Å². The number of rotatable bonds is 4. The van der Waals surface area contributed by atoms with Crippen LogP contribution in [0.2, 0.25) is 0 Å². The number of benzene rings is 1. The van der Waals surface area contributed by atoms with Crippen LogP contribution >= 0.6 is 11.3 Å². The number of carbonyl (C=O) groups is 1. The number of hydrogen-bond acceptors (Lipinski definition) is 5. The van der Waals surface area contributed by atoms with Crippen LogP contribution in [-0.2, 0) is 6.42 Å². The highest BCUT2D eigenvalue weighted by Gasteiger charge is 2.27. The van der Waals surface area contributed by atoms with Crippen LogP contribution in [0, 0.1) is 6.92 Å². The van der Waals surface area contributed by atoms with Crippen molar-refractivity contribution in [1.82, 2.24) is 15.0 Å². The molecule has 0 saturated carbocycles. The Morgan fingerprint density at radius 1 is 1.39 bits per heavy atom. The average Bonchev–Trinajstić information content (AvgIpc) is 3.15. The largest absolute Gasteiger partial charge is 0.361 e. The molecule has 1 atom stereocenters. The van der Waals surface area contributed by atoms with Crippen LogP contribution in [0.3, 0.4) is 0 Å². The van der Waals surface area contributed by atoms with Crippen molar-refractivity contribution < 1.29 is 9.32 Å². The molecule has 2 heterocycles. The zero-order valence-electron chi connectivity index (χ0n) is 13.7. The van der Waals surface area contributed by atoms with Gasteiger partial charge in [-0.3, -0.25) is 4.79 Å². The number of hydrogen-bond donors (Lipinski definition) is 0. The van der Waals surface area contributed by atoms with E-state index in [0.717, 1.165) is 15.2 Å². The van der Waals surface area contributed by atoms with Crippen molar-refractivity contribution in [2.45, 2.75) is 33.2 Å². The highest BCUT2D eigenvalue weighted by Crippen LogP contribution is 2.30. The molecule has 2 aromatic heterocycles. The summed E-state index contributed by atoms with van der Waals surface area (Å²) in [6.45, 7) is 5.73. The second-order valence-corrected chi connectivity index (χ2v) is 6.59. The zero-order chi connectivity index (χ0) is 16.6. The van der Waals surface area contributed by atoms with Crippen molar-refractivity contribution in [2.24, 2.45) is 0 Å². The van der Waals surface area contributed by atoms with Gasteiger partial charge in [-0.15, -0.1) is 11.3 Å². The van der Waals surface area contributed by atoms with Gasteiger partial charge >= 0.3 is 0 Å². The molecule has 0 N–H and O–H groups in total. The van der Waals surface area contributed by atoms with Crippen LogP contribution < -0.4 is 0 Å². The molecule has 0 saturated heterocycles. The minimum absolute atomic E-state index is 0.0765. The molecule has 0 aliphatic rings. The smallest absolute Gasteiger partial charge is 0.259 e. The SMILES string of the molecule is CCc1noc(C)c1C(=O)N(C)[C@@H](C)c1nc2ccccc2s1. The van der Waals surface area contributed by atoms with E-state index in [0.29, 0.717) is 23.4 Å². The molecule has 3 aromatic rings. The molecule has 23 heavy (non-hydrogen) atoms. The van der Waals surface area contributed by atoms with Gasteiger partial charge in [-0.1, -0.05) is 24.2 Å². The molecule has 0 aliphatic heterocycles. The molecule has 5 nitrogen and oxygen atoms in total. The maximum Gasteiger partial charge on any atom is 0.259 e. The first-order chi connectivity index (χ1) is 11.0. The van der Waals surface area contributed by atoms with Crippen molar-refractivity contribution in [2.75, 3.05) is 7.05 Å². The van der Waals surface area contributed by atoms with Gasteiger partial charge in [-0.2, -0.15) is 0 Å². The van der Waals surface area contributed by atoms with Crippen molar-refractivity contribution in [3.63, 3.8) is 0 Å². The third-order valence-corrected chi connectivity index (χ3v) is 5.26. The van der Waals surface area contributed by atoms with Gasteiger partial charge in [0, 0.05) is 7.05 Å². The first-order valence-electron chi connectivity index (χ1n) is 7.60. The summed E-state index contributed by atoms with van der Waals surface area (Å²) in [5, 5.41) is 4.89. The molecule has 0 radical (unpaired) electrons. The molecule has 1 aromatic carbocycles. The molecule has 0 bridgehead atoms. The predicted molar refractivity (Wildman–Crippen MR) is 90.7 cm³/mol. The van der Waals surface area contributed by atoms with E-state index in [4.69, 9.17) is 4.52 Å². The van der Waals surface area contributed by atoms with Gasteiger partial charge < -0.3 is 9.42 Å². The number of amides is 1. The summed E-state index contributed by atoms with van der Waals surface area (Å²) >= 11 is 1.62. The predicted octanol–water partition coefficient (Wildman–Crippen LogP) is 3.99. The molecule has 0 fully saturated rings. The Bertz CT molecular complexity index is 820. The Labute approximate surface area is 138 Å². The van der Waals surface area contributed by atoms with Crippen molar-refractivity contribution in [3.8, 4) is 0 Å². The first kappa shape index (κ1) is 15.7. The number of aryl methyl sites for hydroxylation is 2.